The molecule has 4 rings (SSSR count). The van der Waals surface area contributed by atoms with Gasteiger partial charge in [-0.1, -0.05) is 12.1 Å². The molecule has 3 aromatic rings. The molecule has 1 aliphatic heterocycles. The molecule has 210 valence electrons. The third kappa shape index (κ3) is 5.76. The largest absolute Gasteiger partial charge is 0.484 e. The Bertz CT molecular complexity index is 1610. The number of fused-ring (bicyclic) bond motifs is 1. The van der Waals surface area contributed by atoms with Crippen LogP contribution >= 0.6 is 0 Å². The molecule has 1 atom stereocenters. The lowest BCUT2D eigenvalue weighted by Crippen LogP contribution is -2.48. The van der Waals surface area contributed by atoms with Crippen molar-refractivity contribution >= 4 is 27.8 Å². The molecule has 0 unspecified atom stereocenters. The number of benzene rings is 3. The molecule has 0 aromatic heterocycles. The van der Waals surface area contributed by atoms with Crippen LogP contribution in [0.15, 0.2) is 77.3 Å². The molecule has 1 amide bonds. The number of sulfonamides is 1. The van der Waals surface area contributed by atoms with Gasteiger partial charge in [0.2, 0.25) is 0 Å². The molecular weight excluding hydrogens is 559 g/mol. The minimum atomic E-state index is -4.81. The summed E-state index contributed by atoms with van der Waals surface area (Å²) in [5.74, 6) is -2.31. The second-order valence-corrected chi connectivity index (χ2v) is 10.4. The standard InChI is InChI=1S/C26H21F5N4O4S/c27-18-5-6-22(28)21(10-18)15-4-7-24-23(8-15)35(14-19(39-24)13-34-25(36)16(11-32)12-33)40(37,38)20-3-1-2-17(9-20)26(29,30)31/h1-12,19,32H,13-14,33H2,(H,34,36)/t19-/m0/s1. The number of carbonyl (C=O) groups is 1. The third-order valence-corrected chi connectivity index (χ3v) is 7.74. The quantitative estimate of drug-likeness (QED) is 0.219. The van der Waals surface area contributed by atoms with Crippen molar-refractivity contribution in [1.29, 1.82) is 5.41 Å². The second-order valence-electron chi connectivity index (χ2n) is 8.58. The first kappa shape index (κ1) is 28.5. The van der Waals surface area contributed by atoms with Gasteiger partial charge in [-0.15, -0.1) is 0 Å². The van der Waals surface area contributed by atoms with Gasteiger partial charge in [-0.2, -0.15) is 13.2 Å². The number of hydrogen-bond acceptors (Lipinski definition) is 6. The fourth-order valence-corrected chi connectivity index (χ4v) is 5.54. The minimum absolute atomic E-state index is 0.0387. The Morgan fingerprint density at radius 1 is 1.12 bits per heavy atom. The summed E-state index contributed by atoms with van der Waals surface area (Å²) in [4.78, 5) is 11.5. The number of rotatable bonds is 7. The summed E-state index contributed by atoms with van der Waals surface area (Å²) >= 11 is 0. The average molecular weight is 581 g/mol. The Balaban J connectivity index is 1.79. The van der Waals surface area contributed by atoms with Gasteiger partial charge < -0.3 is 21.2 Å². The van der Waals surface area contributed by atoms with Crippen molar-refractivity contribution in [1.82, 2.24) is 5.32 Å². The van der Waals surface area contributed by atoms with Gasteiger partial charge in [-0.3, -0.25) is 9.10 Å². The van der Waals surface area contributed by atoms with E-state index in [0.717, 1.165) is 46.9 Å². The molecule has 3 aromatic carbocycles. The molecule has 0 bridgehead atoms. The second kappa shape index (κ2) is 11.0. The number of nitrogens with zero attached hydrogens (tertiary/aromatic N) is 1. The lowest BCUT2D eigenvalue weighted by atomic mass is 10.0. The van der Waals surface area contributed by atoms with Crippen LogP contribution in [0.1, 0.15) is 5.56 Å². The molecule has 40 heavy (non-hydrogen) atoms. The van der Waals surface area contributed by atoms with Crippen molar-refractivity contribution in [2.75, 3.05) is 17.4 Å². The predicted octanol–water partition coefficient (Wildman–Crippen LogP) is 4.22. The molecule has 0 spiro atoms. The zero-order valence-electron chi connectivity index (χ0n) is 20.4. The van der Waals surface area contributed by atoms with Crippen molar-refractivity contribution in [2.24, 2.45) is 5.73 Å². The van der Waals surface area contributed by atoms with E-state index in [2.05, 4.69) is 5.32 Å². The predicted molar refractivity (Wildman–Crippen MR) is 136 cm³/mol. The van der Waals surface area contributed by atoms with E-state index >= 15 is 0 Å². The Labute approximate surface area is 225 Å². The molecule has 0 fully saturated rings. The molecule has 8 nitrogen and oxygen atoms in total. The van der Waals surface area contributed by atoms with E-state index in [1.165, 1.54) is 18.2 Å². The average Bonchev–Trinajstić information content (AvgIpc) is 2.92. The lowest BCUT2D eigenvalue weighted by molar-refractivity contribution is -0.137. The zero-order valence-corrected chi connectivity index (χ0v) is 21.2. The topological polar surface area (TPSA) is 126 Å². The van der Waals surface area contributed by atoms with Gasteiger partial charge >= 0.3 is 6.18 Å². The van der Waals surface area contributed by atoms with Gasteiger partial charge in [0.05, 0.1) is 34.8 Å². The highest BCUT2D eigenvalue weighted by Crippen LogP contribution is 2.41. The van der Waals surface area contributed by atoms with Crippen molar-refractivity contribution in [3.63, 3.8) is 0 Å². The first-order valence-corrected chi connectivity index (χ1v) is 13.0. The normalized spacial score (nSPS) is 15.7. The molecule has 1 heterocycles. The van der Waals surface area contributed by atoms with E-state index in [1.54, 1.807) is 0 Å². The Morgan fingerprint density at radius 3 is 2.55 bits per heavy atom. The third-order valence-electron chi connectivity index (χ3n) is 5.97. The number of halogens is 5. The summed E-state index contributed by atoms with van der Waals surface area (Å²) in [5.41, 5.74) is 3.71. The Kier molecular flexibility index (Phi) is 7.82. The molecule has 0 saturated heterocycles. The van der Waals surface area contributed by atoms with E-state index in [0.29, 0.717) is 12.3 Å². The summed E-state index contributed by atoms with van der Waals surface area (Å²) in [6, 6.07) is 9.76. The molecule has 0 aliphatic carbocycles. The number of nitrogens with two attached hydrogens (primary N) is 1. The SMILES string of the molecule is N=CC(=CN)C(=O)NC[C@H]1CN(S(=O)(=O)c2cccc(C(F)(F)F)c2)c2cc(-c3cc(F)ccc3F)ccc2O1. The lowest BCUT2D eigenvalue weighted by Gasteiger charge is -2.36. The number of alkyl halides is 3. The van der Waals surface area contributed by atoms with Gasteiger partial charge in [0.25, 0.3) is 15.9 Å². The minimum Gasteiger partial charge on any atom is -0.484 e. The van der Waals surface area contributed by atoms with E-state index < -0.39 is 56.8 Å². The number of ether oxygens (including phenoxy) is 1. The molecular formula is C26H21F5N4O4S. The number of nitrogens with one attached hydrogen (secondary N) is 2. The number of anilines is 1. The number of amides is 1. The van der Waals surface area contributed by atoms with Crippen LogP contribution in [0.25, 0.3) is 11.1 Å². The molecule has 14 heteroatoms. The smallest absolute Gasteiger partial charge is 0.416 e. The molecule has 0 radical (unpaired) electrons. The summed E-state index contributed by atoms with van der Waals surface area (Å²) < 4.78 is 102. The Morgan fingerprint density at radius 2 is 1.88 bits per heavy atom. The molecule has 1 aliphatic rings. The van der Waals surface area contributed by atoms with E-state index in [-0.39, 0.29) is 34.7 Å². The highest BCUT2D eigenvalue weighted by molar-refractivity contribution is 7.92. The first-order valence-electron chi connectivity index (χ1n) is 11.5. The van der Waals surface area contributed by atoms with Crippen molar-refractivity contribution in [3.05, 3.63) is 89.6 Å². The van der Waals surface area contributed by atoms with Crippen molar-refractivity contribution in [2.45, 2.75) is 17.2 Å². The van der Waals surface area contributed by atoms with E-state index in [9.17, 15) is 35.2 Å². The zero-order chi connectivity index (χ0) is 29.2. The van der Waals surface area contributed by atoms with Crippen molar-refractivity contribution in [3.8, 4) is 16.9 Å². The van der Waals surface area contributed by atoms with Gasteiger partial charge in [0.1, 0.15) is 23.5 Å². The maximum absolute atomic E-state index is 14.5. The van der Waals surface area contributed by atoms with Crippen LogP contribution in [0, 0.1) is 17.0 Å². The summed E-state index contributed by atoms with van der Waals surface area (Å²) in [6.45, 7) is -0.731. The van der Waals surface area contributed by atoms with Crippen molar-refractivity contribution < 1.29 is 39.9 Å². The van der Waals surface area contributed by atoms with Gasteiger partial charge in [0.15, 0.2) is 0 Å². The van der Waals surface area contributed by atoms with Crippen LogP contribution in [0.4, 0.5) is 27.6 Å². The van der Waals surface area contributed by atoms with Crippen LogP contribution in [0.3, 0.4) is 0 Å². The van der Waals surface area contributed by atoms with E-state index in [4.69, 9.17) is 15.9 Å². The van der Waals surface area contributed by atoms with E-state index in [1.807, 2.05) is 0 Å². The number of carbonyl (C=O) groups excluding carboxylic acids is 1. The van der Waals surface area contributed by atoms with Crippen LogP contribution < -0.4 is 20.1 Å². The van der Waals surface area contributed by atoms with Gasteiger partial charge in [-0.25, -0.2) is 17.2 Å². The fourth-order valence-electron chi connectivity index (χ4n) is 3.99. The maximum atomic E-state index is 14.5. The summed E-state index contributed by atoms with van der Waals surface area (Å²) in [5, 5.41) is 9.67. The summed E-state index contributed by atoms with van der Waals surface area (Å²) in [6.07, 6.45) is -4.23. The highest BCUT2D eigenvalue weighted by atomic mass is 32.2. The molecule has 4 N–H and O–H groups in total. The fraction of sp³-hybridized carbons (Fsp3) is 0.154. The maximum Gasteiger partial charge on any atom is 0.416 e. The van der Waals surface area contributed by atoms with Crippen LogP contribution in [-0.4, -0.2) is 39.7 Å². The van der Waals surface area contributed by atoms with Gasteiger partial charge in [-0.05, 0) is 54.1 Å². The first-order chi connectivity index (χ1) is 18.8. The van der Waals surface area contributed by atoms with Gasteiger partial charge in [0, 0.05) is 18.0 Å². The monoisotopic (exact) mass is 580 g/mol. The van der Waals surface area contributed by atoms with Crippen LogP contribution in [0.2, 0.25) is 0 Å². The highest BCUT2D eigenvalue weighted by Gasteiger charge is 2.37. The summed E-state index contributed by atoms with van der Waals surface area (Å²) in [7, 11) is -4.67. The number of hydrogen-bond donors (Lipinski definition) is 3. The molecule has 0 saturated carbocycles. The van der Waals surface area contributed by atoms with Crippen LogP contribution in [-0.2, 0) is 21.0 Å². The Hall–Kier alpha value is -4.46. The van der Waals surface area contributed by atoms with Crippen LogP contribution in [0.5, 0.6) is 5.75 Å².